The summed E-state index contributed by atoms with van der Waals surface area (Å²) in [7, 11) is 1.22. The summed E-state index contributed by atoms with van der Waals surface area (Å²) in [5, 5.41) is 14.0. The monoisotopic (exact) mass is 441 g/mol. The SMILES string of the molecule is COC(=O)C(Cc1ccccc1)NC(=O)C(Cc1ccccc1)NC(=O)C(N)CC(=O)O. The third kappa shape index (κ3) is 7.84. The first kappa shape index (κ1) is 24.5. The number of methoxy groups -OCH3 is 1. The second-order valence-electron chi connectivity index (χ2n) is 7.23. The summed E-state index contributed by atoms with van der Waals surface area (Å²) < 4.78 is 4.82. The van der Waals surface area contributed by atoms with Gasteiger partial charge in [0.1, 0.15) is 12.1 Å². The third-order valence-corrected chi connectivity index (χ3v) is 4.73. The standard InChI is InChI=1S/C23H27N3O6/c1-32-23(31)19(13-16-10-6-3-7-11-16)26-22(30)18(12-15-8-4-2-5-9-15)25-21(29)17(24)14-20(27)28/h2-11,17-19H,12-14,24H2,1H3,(H,25,29)(H,26,30)(H,27,28). The highest BCUT2D eigenvalue weighted by Crippen LogP contribution is 2.08. The van der Waals surface area contributed by atoms with Gasteiger partial charge in [0, 0.05) is 12.8 Å². The van der Waals surface area contributed by atoms with Crippen molar-refractivity contribution in [1.29, 1.82) is 0 Å². The second kappa shape index (κ2) is 12.2. The number of nitrogens with two attached hydrogens (primary N) is 1. The number of hydrogen-bond acceptors (Lipinski definition) is 6. The quantitative estimate of drug-likeness (QED) is 0.369. The van der Waals surface area contributed by atoms with Crippen LogP contribution in [0.5, 0.6) is 0 Å². The van der Waals surface area contributed by atoms with E-state index in [1.807, 2.05) is 36.4 Å². The predicted octanol–water partition coefficient (Wildman–Crippen LogP) is 0.416. The van der Waals surface area contributed by atoms with Gasteiger partial charge in [-0.05, 0) is 11.1 Å². The maximum Gasteiger partial charge on any atom is 0.328 e. The molecule has 0 spiro atoms. The molecule has 0 aliphatic rings. The molecule has 2 aromatic carbocycles. The maximum atomic E-state index is 13.1. The fourth-order valence-corrected chi connectivity index (χ4v) is 3.08. The van der Waals surface area contributed by atoms with E-state index in [0.717, 1.165) is 11.1 Å². The van der Waals surface area contributed by atoms with Gasteiger partial charge in [-0.3, -0.25) is 14.4 Å². The van der Waals surface area contributed by atoms with E-state index >= 15 is 0 Å². The van der Waals surface area contributed by atoms with Crippen molar-refractivity contribution in [1.82, 2.24) is 10.6 Å². The van der Waals surface area contributed by atoms with Gasteiger partial charge in [0.05, 0.1) is 19.6 Å². The fraction of sp³-hybridized carbons (Fsp3) is 0.304. The topological polar surface area (TPSA) is 148 Å². The molecule has 0 saturated heterocycles. The summed E-state index contributed by atoms with van der Waals surface area (Å²) in [6, 6.07) is 14.7. The number of carbonyl (C=O) groups is 4. The van der Waals surface area contributed by atoms with Gasteiger partial charge in [0.2, 0.25) is 11.8 Å². The average molecular weight is 441 g/mol. The van der Waals surface area contributed by atoms with E-state index in [1.54, 1.807) is 24.3 Å². The number of amides is 2. The van der Waals surface area contributed by atoms with Crippen LogP contribution in [0.15, 0.2) is 60.7 Å². The number of hydrogen-bond donors (Lipinski definition) is 4. The molecule has 0 aliphatic heterocycles. The molecule has 2 amide bonds. The minimum Gasteiger partial charge on any atom is -0.481 e. The molecule has 9 nitrogen and oxygen atoms in total. The van der Waals surface area contributed by atoms with E-state index in [2.05, 4.69) is 10.6 Å². The Hall–Kier alpha value is -3.72. The maximum absolute atomic E-state index is 13.1. The minimum absolute atomic E-state index is 0.122. The highest BCUT2D eigenvalue weighted by molar-refractivity contribution is 5.93. The largest absolute Gasteiger partial charge is 0.481 e. The average Bonchev–Trinajstić information content (AvgIpc) is 2.78. The first-order chi connectivity index (χ1) is 15.3. The van der Waals surface area contributed by atoms with Gasteiger partial charge in [-0.25, -0.2) is 4.79 Å². The van der Waals surface area contributed by atoms with Gasteiger partial charge in [-0.2, -0.15) is 0 Å². The summed E-state index contributed by atoms with van der Waals surface area (Å²) in [5.74, 6) is -3.25. The van der Waals surface area contributed by atoms with Crippen molar-refractivity contribution in [3.05, 3.63) is 71.8 Å². The van der Waals surface area contributed by atoms with E-state index < -0.39 is 48.3 Å². The van der Waals surface area contributed by atoms with Crippen LogP contribution in [0.2, 0.25) is 0 Å². The summed E-state index contributed by atoms with van der Waals surface area (Å²) in [4.78, 5) is 48.6. The van der Waals surface area contributed by atoms with Gasteiger partial charge in [0.15, 0.2) is 0 Å². The molecule has 0 aliphatic carbocycles. The van der Waals surface area contributed by atoms with Gasteiger partial charge >= 0.3 is 11.9 Å². The van der Waals surface area contributed by atoms with Crippen LogP contribution in [-0.4, -0.2) is 54.1 Å². The van der Waals surface area contributed by atoms with Crippen molar-refractivity contribution in [2.45, 2.75) is 37.4 Å². The molecule has 9 heteroatoms. The fourth-order valence-electron chi connectivity index (χ4n) is 3.08. The Labute approximate surface area is 185 Å². The van der Waals surface area contributed by atoms with Crippen LogP contribution >= 0.6 is 0 Å². The van der Waals surface area contributed by atoms with Crippen molar-refractivity contribution < 1.29 is 29.0 Å². The van der Waals surface area contributed by atoms with Crippen molar-refractivity contribution in [3.63, 3.8) is 0 Å². The number of ether oxygens (including phenoxy) is 1. The van der Waals surface area contributed by atoms with Gasteiger partial charge in [0.25, 0.3) is 0 Å². The number of rotatable bonds is 11. The Morgan fingerprint density at radius 3 is 1.78 bits per heavy atom. The number of carbonyl (C=O) groups excluding carboxylic acids is 3. The molecule has 0 radical (unpaired) electrons. The lowest BCUT2D eigenvalue weighted by molar-refractivity contribution is -0.145. The zero-order valence-electron chi connectivity index (χ0n) is 17.7. The predicted molar refractivity (Wildman–Crippen MR) is 116 cm³/mol. The first-order valence-electron chi connectivity index (χ1n) is 10.0. The molecule has 0 fully saturated rings. The summed E-state index contributed by atoms with van der Waals surface area (Å²) >= 11 is 0. The van der Waals surface area contributed by atoms with Crippen molar-refractivity contribution in [2.24, 2.45) is 5.73 Å². The molecule has 2 aromatic rings. The van der Waals surface area contributed by atoms with Crippen LogP contribution < -0.4 is 16.4 Å². The Balaban J connectivity index is 2.19. The molecule has 170 valence electrons. The molecule has 3 atom stereocenters. The molecular weight excluding hydrogens is 414 g/mol. The van der Waals surface area contributed by atoms with Crippen molar-refractivity contribution in [3.8, 4) is 0 Å². The van der Waals surface area contributed by atoms with Crippen molar-refractivity contribution in [2.75, 3.05) is 7.11 Å². The molecule has 0 saturated carbocycles. The van der Waals surface area contributed by atoms with Crippen LogP contribution in [0.25, 0.3) is 0 Å². The number of aliphatic carboxylic acids is 1. The lowest BCUT2D eigenvalue weighted by atomic mass is 10.0. The molecule has 3 unspecified atom stereocenters. The van der Waals surface area contributed by atoms with Crippen LogP contribution in [0.4, 0.5) is 0 Å². The minimum atomic E-state index is -1.32. The Morgan fingerprint density at radius 1 is 0.844 bits per heavy atom. The first-order valence-corrected chi connectivity index (χ1v) is 10.0. The molecule has 32 heavy (non-hydrogen) atoms. The molecule has 0 aromatic heterocycles. The van der Waals surface area contributed by atoms with Gasteiger partial charge in [-0.15, -0.1) is 0 Å². The smallest absolute Gasteiger partial charge is 0.328 e. The number of nitrogens with one attached hydrogen (secondary N) is 2. The van der Waals surface area contributed by atoms with E-state index in [-0.39, 0.29) is 12.8 Å². The normalized spacial score (nSPS) is 13.3. The third-order valence-electron chi connectivity index (χ3n) is 4.73. The number of carboxylic acids is 1. The van der Waals surface area contributed by atoms with Crippen LogP contribution in [0.3, 0.4) is 0 Å². The molecular formula is C23H27N3O6. The Morgan fingerprint density at radius 2 is 1.31 bits per heavy atom. The highest BCUT2D eigenvalue weighted by Gasteiger charge is 2.29. The lowest BCUT2D eigenvalue weighted by Crippen LogP contribution is -2.56. The van der Waals surface area contributed by atoms with Gasteiger partial charge < -0.3 is 26.2 Å². The van der Waals surface area contributed by atoms with E-state index in [0.29, 0.717) is 0 Å². The molecule has 0 heterocycles. The van der Waals surface area contributed by atoms with Crippen molar-refractivity contribution >= 4 is 23.8 Å². The second-order valence-corrected chi connectivity index (χ2v) is 7.23. The van der Waals surface area contributed by atoms with E-state index in [9.17, 15) is 19.2 Å². The summed E-state index contributed by atoms with van der Waals surface area (Å²) in [6.45, 7) is 0. The lowest BCUT2D eigenvalue weighted by Gasteiger charge is -2.23. The van der Waals surface area contributed by atoms with E-state index in [1.165, 1.54) is 7.11 Å². The number of esters is 1. The summed E-state index contributed by atoms with van der Waals surface area (Å²) in [6.07, 6.45) is -0.258. The van der Waals surface area contributed by atoms with Gasteiger partial charge in [-0.1, -0.05) is 60.7 Å². The van der Waals surface area contributed by atoms with Crippen LogP contribution in [0, 0.1) is 0 Å². The molecule has 0 bridgehead atoms. The van der Waals surface area contributed by atoms with Crippen LogP contribution in [-0.2, 0) is 36.8 Å². The van der Waals surface area contributed by atoms with Crippen LogP contribution in [0.1, 0.15) is 17.5 Å². The molecule has 2 rings (SSSR count). The Bertz CT molecular complexity index is 920. The number of benzene rings is 2. The Kier molecular flexibility index (Phi) is 9.37. The highest BCUT2D eigenvalue weighted by atomic mass is 16.5. The number of carboxylic acid groups (broad SMARTS) is 1. The summed E-state index contributed by atoms with van der Waals surface area (Å²) in [5.41, 5.74) is 7.21. The molecule has 5 N–H and O–H groups in total. The zero-order valence-corrected chi connectivity index (χ0v) is 17.7. The van der Waals surface area contributed by atoms with E-state index in [4.69, 9.17) is 15.6 Å². The zero-order chi connectivity index (χ0) is 23.5.